The van der Waals surface area contributed by atoms with Gasteiger partial charge in [0, 0.05) is 23.8 Å². The molecular weight excluding hydrogens is 286 g/mol. The molecule has 0 aliphatic heterocycles. The zero-order valence-corrected chi connectivity index (χ0v) is 13.6. The van der Waals surface area contributed by atoms with E-state index in [0.717, 1.165) is 22.8 Å². The molecule has 0 saturated heterocycles. The quantitative estimate of drug-likeness (QED) is 0.683. The number of hydrogen-bond acceptors (Lipinski definition) is 2. The summed E-state index contributed by atoms with van der Waals surface area (Å²) in [5.74, 6) is 1.58. The number of hydrogen-bond donors (Lipinski definition) is 0. The van der Waals surface area contributed by atoms with Crippen LogP contribution in [0.15, 0.2) is 54.7 Å². The van der Waals surface area contributed by atoms with Crippen LogP contribution in [-0.4, -0.2) is 14.2 Å². The predicted octanol–water partition coefficient (Wildman–Crippen LogP) is 3.85. The Morgan fingerprint density at radius 3 is 2.52 bits per heavy atom. The minimum absolute atomic E-state index is 0.787. The van der Waals surface area contributed by atoms with E-state index in [2.05, 4.69) is 60.3 Å². The van der Waals surface area contributed by atoms with Crippen LogP contribution in [0.2, 0.25) is 0 Å². The summed E-state index contributed by atoms with van der Waals surface area (Å²) in [4.78, 5) is 0. The first-order chi connectivity index (χ1) is 11.2. The van der Waals surface area contributed by atoms with Crippen LogP contribution >= 0.6 is 0 Å². The second-order valence-electron chi connectivity index (χ2n) is 5.34. The SMILES string of the molecule is COc1ccc(/C=C/c2c3ccccc3cc[n+]2C)c(OC)c1. The number of benzene rings is 2. The van der Waals surface area contributed by atoms with Crippen molar-refractivity contribution >= 4 is 22.9 Å². The van der Waals surface area contributed by atoms with Gasteiger partial charge >= 0.3 is 0 Å². The molecule has 1 heterocycles. The molecule has 0 amide bonds. The van der Waals surface area contributed by atoms with Crippen molar-refractivity contribution in [2.24, 2.45) is 7.05 Å². The first-order valence-corrected chi connectivity index (χ1v) is 7.50. The largest absolute Gasteiger partial charge is 0.497 e. The second-order valence-corrected chi connectivity index (χ2v) is 5.34. The summed E-state index contributed by atoms with van der Waals surface area (Å²) in [7, 11) is 5.38. The van der Waals surface area contributed by atoms with Crippen LogP contribution in [-0.2, 0) is 7.05 Å². The van der Waals surface area contributed by atoms with Crippen molar-refractivity contribution in [2.75, 3.05) is 14.2 Å². The smallest absolute Gasteiger partial charge is 0.212 e. The third-order valence-electron chi connectivity index (χ3n) is 3.96. The van der Waals surface area contributed by atoms with Gasteiger partial charge in [-0.3, -0.25) is 0 Å². The van der Waals surface area contributed by atoms with Gasteiger partial charge in [-0.2, -0.15) is 0 Å². The third-order valence-corrected chi connectivity index (χ3v) is 3.96. The van der Waals surface area contributed by atoms with Crippen LogP contribution < -0.4 is 14.0 Å². The highest BCUT2D eigenvalue weighted by Crippen LogP contribution is 2.26. The van der Waals surface area contributed by atoms with Crippen molar-refractivity contribution in [3.63, 3.8) is 0 Å². The lowest BCUT2D eigenvalue weighted by Gasteiger charge is -2.07. The van der Waals surface area contributed by atoms with E-state index in [0.29, 0.717) is 0 Å². The van der Waals surface area contributed by atoms with E-state index in [1.54, 1.807) is 14.2 Å². The van der Waals surface area contributed by atoms with Gasteiger partial charge < -0.3 is 9.47 Å². The molecule has 0 saturated carbocycles. The fourth-order valence-electron chi connectivity index (χ4n) is 2.67. The number of pyridine rings is 1. The number of ether oxygens (including phenoxy) is 2. The summed E-state index contributed by atoms with van der Waals surface area (Å²) in [5.41, 5.74) is 2.17. The Bertz CT molecular complexity index is 869. The number of aromatic nitrogens is 1. The highest BCUT2D eigenvalue weighted by molar-refractivity contribution is 5.90. The van der Waals surface area contributed by atoms with Gasteiger partial charge in [-0.05, 0) is 29.7 Å². The maximum Gasteiger partial charge on any atom is 0.212 e. The highest BCUT2D eigenvalue weighted by Gasteiger charge is 2.09. The maximum atomic E-state index is 5.46. The van der Waals surface area contributed by atoms with Crippen LogP contribution in [0.5, 0.6) is 11.5 Å². The topological polar surface area (TPSA) is 22.3 Å². The van der Waals surface area contributed by atoms with E-state index < -0.39 is 0 Å². The third kappa shape index (κ3) is 3.04. The molecule has 3 nitrogen and oxygen atoms in total. The van der Waals surface area contributed by atoms with Gasteiger partial charge in [-0.1, -0.05) is 18.2 Å². The van der Waals surface area contributed by atoms with Crippen molar-refractivity contribution < 1.29 is 14.0 Å². The molecule has 116 valence electrons. The summed E-state index contributed by atoms with van der Waals surface area (Å²) in [6.07, 6.45) is 6.26. The average Bonchev–Trinajstić information content (AvgIpc) is 2.60. The molecule has 0 radical (unpaired) electrons. The zero-order chi connectivity index (χ0) is 16.2. The van der Waals surface area contributed by atoms with E-state index in [-0.39, 0.29) is 0 Å². The van der Waals surface area contributed by atoms with Gasteiger partial charge in [0.2, 0.25) is 5.69 Å². The molecule has 0 unspecified atom stereocenters. The summed E-state index contributed by atoms with van der Waals surface area (Å²) in [5, 5.41) is 2.45. The minimum Gasteiger partial charge on any atom is -0.497 e. The van der Waals surface area contributed by atoms with Crippen LogP contribution in [0.4, 0.5) is 0 Å². The number of aryl methyl sites for hydroxylation is 1. The predicted molar refractivity (Wildman–Crippen MR) is 93.6 cm³/mol. The molecule has 0 atom stereocenters. The fourth-order valence-corrected chi connectivity index (χ4v) is 2.67. The Balaban J connectivity index is 2.05. The van der Waals surface area contributed by atoms with Crippen molar-refractivity contribution in [2.45, 2.75) is 0 Å². The molecule has 0 spiro atoms. The summed E-state index contributed by atoms with van der Waals surface area (Å²) in [6, 6.07) is 16.3. The molecule has 0 bridgehead atoms. The molecular formula is C20H20NO2+. The van der Waals surface area contributed by atoms with Crippen molar-refractivity contribution in [1.29, 1.82) is 0 Å². The van der Waals surface area contributed by atoms with Gasteiger partial charge in [-0.15, -0.1) is 0 Å². The average molecular weight is 306 g/mol. The van der Waals surface area contributed by atoms with E-state index in [9.17, 15) is 0 Å². The molecule has 2 aromatic carbocycles. The first-order valence-electron chi connectivity index (χ1n) is 7.50. The molecule has 3 rings (SSSR count). The Labute approximate surface area is 136 Å². The number of methoxy groups -OCH3 is 2. The monoisotopic (exact) mass is 306 g/mol. The van der Waals surface area contributed by atoms with E-state index >= 15 is 0 Å². The molecule has 3 heteroatoms. The standard InChI is InChI=1S/C20H20NO2/c1-21-13-12-15-6-4-5-7-18(15)19(21)11-9-16-8-10-17(22-2)14-20(16)23-3/h4-14H,1-3H3/q+1/b11-9+. The first kappa shape index (κ1) is 15.1. The van der Waals surface area contributed by atoms with Gasteiger partial charge in [0.1, 0.15) is 18.5 Å². The molecule has 1 aromatic heterocycles. The lowest BCUT2D eigenvalue weighted by atomic mass is 10.1. The Morgan fingerprint density at radius 2 is 1.74 bits per heavy atom. The second kappa shape index (κ2) is 6.53. The van der Waals surface area contributed by atoms with Gasteiger partial charge in [0.05, 0.1) is 19.6 Å². The molecule has 23 heavy (non-hydrogen) atoms. The summed E-state index contributed by atoms with van der Waals surface area (Å²) < 4.78 is 12.8. The minimum atomic E-state index is 0.787. The number of nitrogens with zero attached hydrogens (tertiary/aromatic N) is 1. The van der Waals surface area contributed by atoms with Crippen molar-refractivity contribution in [3.8, 4) is 11.5 Å². The lowest BCUT2D eigenvalue weighted by molar-refractivity contribution is -0.671. The van der Waals surface area contributed by atoms with Crippen LogP contribution in [0.25, 0.3) is 22.9 Å². The van der Waals surface area contributed by atoms with E-state index in [4.69, 9.17) is 9.47 Å². The number of fused-ring (bicyclic) bond motifs is 1. The zero-order valence-electron chi connectivity index (χ0n) is 13.6. The Hall–Kier alpha value is -2.81. The maximum absolute atomic E-state index is 5.46. The van der Waals surface area contributed by atoms with Gasteiger partial charge in [-0.25, -0.2) is 4.57 Å². The Kier molecular flexibility index (Phi) is 4.29. The molecule has 0 fully saturated rings. The normalized spacial score (nSPS) is 11.1. The molecule has 3 aromatic rings. The summed E-state index contributed by atoms with van der Waals surface area (Å²) in [6.45, 7) is 0. The van der Waals surface area contributed by atoms with E-state index in [1.165, 1.54) is 10.8 Å². The van der Waals surface area contributed by atoms with Gasteiger partial charge in [0.15, 0.2) is 6.20 Å². The van der Waals surface area contributed by atoms with E-state index in [1.807, 2.05) is 18.2 Å². The molecule has 0 N–H and O–H groups in total. The molecule has 0 aliphatic rings. The van der Waals surface area contributed by atoms with Crippen LogP contribution in [0, 0.1) is 0 Å². The lowest BCUT2D eigenvalue weighted by Crippen LogP contribution is -2.31. The van der Waals surface area contributed by atoms with Crippen LogP contribution in [0.1, 0.15) is 11.3 Å². The fraction of sp³-hybridized carbons (Fsp3) is 0.150. The summed E-state index contributed by atoms with van der Waals surface area (Å²) >= 11 is 0. The molecule has 0 aliphatic carbocycles. The van der Waals surface area contributed by atoms with Crippen LogP contribution in [0.3, 0.4) is 0 Å². The Morgan fingerprint density at radius 1 is 0.913 bits per heavy atom. The van der Waals surface area contributed by atoms with Crippen molar-refractivity contribution in [1.82, 2.24) is 0 Å². The number of rotatable bonds is 4. The van der Waals surface area contributed by atoms with Gasteiger partial charge in [0.25, 0.3) is 0 Å². The highest BCUT2D eigenvalue weighted by atomic mass is 16.5. The van der Waals surface area contributed by atoms with Crippen molar-refractivity contribution in [3.05, 3.63) is 66.0 Å².